The summed E-state index contributed by atoms with van der Waals surface area (Å²) in [7, 11) is 1.41. The van der Waals surface area contributed by atoms with Crippen LogP contribution in [-0.2, 0) is 22.6 Å². The third-order valence-corrected chi connectivity index (χ3v) is 7.59. The lowest BCUT2D eigenvalue weighted by Crippen LogP contribution is -2.55. The normalized spacial score (nSPS) is 20.4. The van der Waals surface area contributed by atoms with Crippen LogP contribution in [0.1, 0.15) is 33.0 Å². The SMILES string of the molecule is COc1cc(C=O)cc2c1O[C@@H]1[C@@H](O)[C@H](N(Cc3ccccc3F)C(=O)Cc3ccccc3)C=C(C(=O)NCCO)[C@H]21. The number of ether oxygens (including phenoxy) is 2. The van der Waals surface area contributed by atoms with E-state index in [0.29, 0.717) is 17.4 Å². The molecule has 2 aliphatic rings. The van der Waals surface area contributed by atoms with E-state index in [-0.39, 0.29) is 48.8 Å². The molecular formula is C32H31FN2O7. The van der Waals surface area contributed by atoms with Crippen LogP contribution in [0.5, 0.6) is 11.5 Å². The van der Waals surface area contributed by atoms with Crippen LogP contribution in [-0.4, -0.2) is 71.7 Å². The van der Waals surface area contributed by atoms with E-state index in [1.54, 1.807) is 48.5 Å². The number of fused-ring (bicyclic) bond motifs is 3. The first kappa shape index (κ1) is 29.0. The Labute approximate surface area is 242 Å². The molecule has 1 aliphatic heterocycles. The zero-order valence-electron chi connectivity index (χ0n) is 22.9. The quantitative estimate of drug-likeness (QED) is 0.318. The van der Waals surface area contributed by atoms with Gasteiger partial charge in [-0.1, -0.05) is 48.5 Å². The average molecular weight is 575 g/mol. The predicted octanol–water partition coefficient (Wildman–Crippen LogP) is 2.54. The molecule has 0 fully saturated rings. The number of nitrogens with zero attached hydrogens (tertiary/aromatic N) is 1. The van der Waals surface area contributed by atoms with Crippen LogP contribution in [0.25, 0.3) is 0 Å². The summed E-state index contributed by atoms with van der Waals surface area (Å²) in [4.78, 5) is 40.4. The Bertz CT molecular complexity index is 1510. The topological polar surface area (TPSA) is 125 Å². The molecule has 0 aromatic heterocycles. The standard InChI is InChI=1S/C32H31FN2O7/c1-41-26-14-20(18-37)13-22-28-23(32(40)34-11-12-36)16-25(29(39)31(28)42-30(22)26)35(17-21-9-5-6-10-24(21)33)27(38)15-19-7-3-2-4-8-19/h2-10,13-14,16,18,25,28-29,31,36,39H,11-12,15,17H2,1H3,(H,34,40)/t25-,28+,29+,31+/m1/s1. The van der Waals surface area contributed by atoms with Gasteiger partial charge in [-0.25, -0.2) is 4.39 Å². The van der Waals surface area contributed by atoms with Gasteiger partial charge in [0, 0.05) is 35.4 Å². The molecule has 42 heavy (non-hydrogen) atoms. The molecular weight excluding hydrogens is 543 g/mol. The number of aliphatic hydroxyl groups is 2. The second-order valence-electron chi connectivity index (χ2n) is 10.2. The lowest BCUT2D eigenvalue weighted by atomic mass is 9.77. The smallest absolute Gasteiger partial charge is 0.247 e. The first-order valence-electron chi connectivity index (χ1n) is 13.6. The highest BCUT2D eigenvalue weighted by molar-refractivity contribution is 5.96. The summed E-state index contributed by atoms with van der Waals surface area (Å²) < 4.78 is 26.5. The van der Waals surface area contributed by atoms with Gasteiger partial charge < -0.3 is 29.9 Å². The number of hydrogen-bond donors (Lipinski definition) is 3. The molecule has 2 amide bonds. The Morgan fingerprint density at radius 3 is 2.55 bits per heavy atom. The molecule has 3 aromatic rings. The molecule has 0 unspecified atom stereocenters. The van der Waals surface area contributed by atoms with E-state index < -0.39 is 41.8 Å². The lowest BCUT2D eigenvalue weighted by molar-refractivity contribution is -0.137. The molecule has 4 atom stereocenters. The van der Waals surface area contributed by atoms with E-state index in [1.165, 1.54) is 30.2 Å². The van der Waals surface area contributed by atoms with Crippen molar-refractivity contribution < 1.29 is 38.5 Å². The maximum atomic E-state index is 14.8. The van der Waals surface area contributed by atoms with Crippen LogP contribution in [0.4, 0.5) is 4.39 Å². The number of carbonyl (C=O) groups excluding carboxylic acids is 3. The summed E-state index contributed by atoms with van der Waals surface area (Å²) in [5.41, 5.74) is 1.91. The second kappa shape index (κ2) is 12.5. The minimum atomic E-state index is -1.34. The Kier molecular flexibility index (Phi) is 8.65. The minimum Gasteiger partial charge on any atom is -0.493 e. The molecule has 5 rings (SSSR count). The van der Waals surface area contributed by atoms with Gasteiger partial charge in [0.05, 0.1) is 32.1 Å². The molecule has 218 valence electrons. The number of halogens is 1. The summed E-state index contributed by atoms with van der Waals surface area (Å²) in [5, 5.41) is 23.8. The summed E-state index contributed by atoms with van der Waals surface area (Å²) in [5.74, 6) is -1.72. The van der Waals surface area contributed by atoms with Gasteiger partial charge in [-0.05, 0) is 29.8 Å². The van der Waals surface area contributed by atoms with Crippen molar-refractivity contribution in [1.29, 1.82) is 0 Å². The van der Waals surface area contributed by atoms with E-state index in [4.69, 9.17) is 9.47 Å². The van der Waals surface area contributed by atoms with E-state index in [0.717, 1.165) is 5.56 Å². The highest BCUT2D eigenvalue weighted by Crippen LogP contribution is 2.51. The van der Waals surface area contributed by atoms with Crippen molar-refractivity contribution in [3.63, 3.8) is 0 Å². The number of aliphatic hydroxyl groups excluding tert-OH is 2. The van der Waals surface area contributed by atoms with Crippen molar-refractivity contribution in [2.75, 3.05) is 20.3 Å². The van der Waals surface area contributed by atoms with Gasteiger partial charge in [0.1, 0.15) is 24.3 Å². The van der Waals surface area contributed by atoms with Crippen molar-refractivity contribution in [1.82, 2.24) is 10.2 Å². The summed E-state index contributed by atoms with van der Waals surface area (Å²) >= 11 is 0. The van der Waals surface area contributed by atoms with Gasteiger partial charge in [0.25, 0.3) is 0 Å². The van der Waals surface area contributed by atoms with Crippen molar-refractivity contribution in [2.24, 2.45) is 0 Å². The van der Waals surface area contributed by atoms with Gasteiger partial charge in [-0.2, -0.15) is 0 Å². The average Bonchev–Trinajstić information content (AvgIpc) is 3.40. The third-order valence-electron chi connectivity index (χ3n) is 7.59. The first-order chi connectivity index (χ1) is 20.4. The number of hydrogen-bond acceptors (Lipinski definition) is 7. The maximum Gasteiger partial charge on any atom is 0.247 e. The molecule has 1 heterocycles. The largest absolute Gasteiger partial charge is 0.493 e. The molecule has 3 aromatic carbocycles. The molecule has 0 saturated carbocycles. The molecule has 3 N–H and O–H groups in total. The summed E-state index contributed by atoms with van der Waals surface area (Å²) in [6.07, 6.45) is -0.252. The Morgan fingerprint density at radius 2 is 1.86 bits per heavy atom. The van der Waals surface area contributed by atoms with Gasteiger partial charge in [-0.15, -0.1) is 0 Å². The van der Waals surface area contributed by atoms with E-state index in [1.807, 2.05) is 6.07 Å². The zero-order chi connectivity index (χ0) is 29.8. The number of amides is 2. The van der Waals surface area contributed by atoms with E-state index in [2.05, 4.69) is 5.32 Å². The Hall–Kier alpha value is -4.54. The van der Waals surface area contributed by atoms with Gasteiger partial charge in [0.15, 0.2) is 11.5 Å². The second-order valence-corrected chi connectivity index (χ2v) is 10.2. The zero-order valence-corrected chi connectivity index (χ0v) is 22.9. The summed E-state index contributed by atoms with van der Waals surface area (Å²) in [6, 6.07) is 17.1. The van der Waals surface area contributed by atoms with Crippen LogP contribution in [0.15, 0.2) is 78.4 Å². The number of methoxy groups -OCH3 is 1. The molecule has 10 heteroatoms. The maximum absolute atomic E-state index is 14.8. The van der Waals surface area contributed by atoms with E-state index >= 15 is 0 Å². The highest BCUT2D eigenvalue weighted by Gasteiger charge is 2.51. The highest BCUT2D eigenvalue weighted by atomic mass is 19.1. The van der Waals surface area contributed by atoms with Gasteiger partial charge >= 0.3 is 0 Å². The number of rotatable bonds is 10. The van der Waals surface area contributed by atoms with Crippen molar-refractivity contribution in [3.8, 4) is 11.5 Å². The Balaban J connectivity index is 1.61. The fourth-order valence-electron chi connectivity index (χ4n) is 5.60. The molecule has 0 spiro atoms. The van der Waals surface area contributed by atoms with Crippen LogP contribution in [0, 0.1) is 5.82 Å². The first-order valence-corrected chi connectivity index (χ1v) is 13.6. The van der Waals surface area contributed by atoms with Crippen molar-refractivity contribution in [3.05, 3.63) is 106 Å². The number of carbonyl (C=O) groups is 3. The van der Waals surface area contributed by atoms with Crippen molar-refractivity contribution >= 4 is 18.1 Å². The van der Waals surface area contributed by atoms with Crippen LogP contribution in [0.3, 0.4) is 0 Å². The summed E-state index contributed by atoms with van der Waals surface area (Å²) in [6.45, 7) is -0.506. The number of aldehydes is 1. The van der Waals surface area contributed by atoms with Crippen molar-refractivity contribution in [2.45, 2.75) is 37.1 Å². The van der Waals surface area contributed by atoms with Crippen LogP contribution < -0.4 is 14.8 Å². The van der Waals surface area contributed by atoms with Crippen LogP contribution in [0.2, 0.25) is 0 Å². The van der Waals surface area contributed by atoms with E-state index in [9.17, 15) is 29.0 Å². The number of benzene rings is 3. The minimum absolute atomic E-state index is 0.0237. The third kappa shape index (κ3) is 5.63. The molecule has 0 saturated heterocycles. The molecule has 0 radical (unpaired) electrons. The molecule has 9 nitrogen and oxygen atoms in total. The van der Waals surface area contributed by atoms with Gasteiger partial charge in [-0.3, -0.25) is 14.4 Å². The number of nitrogens with one attached hydrogen (secondary N) is 1. The monoisotopic (exact) mass is 574 g/mol. The van der Waals surface area contributed by atoms with Crippen LogP contribution >= 0.6 is 0 Å². The fourth-order valence-corrected chi connectivity index (χ4v) is 5.60. The lowest BCUT2D eigenvalue weighted by Gasteiger charge is -2.41. The van der Waals surface area contributed by atoms with Gasteiger partial charge in [0.2, 0.25) is 11.8 Å². The Morgan fingerprint density at radius 1 is 1.12 bits per heavy atom. The fraction of sp³-hybridized carbons (Fsp3) is 0.281. The molecule has 1 aliphatic carbocycles. The molecule has 0 bridgehead atoms. The predicted molar refractivity (Wildman–Crippen MR) is 151 cm³/mol.